The number of nitrogens with zero attached hydrogens (tertiary/aromatic N) is 1. The van der Waals surface area contributed by atoms with E-state index in [1.165, 1.54) is 0 Å². The fraction of sp³-hybridized carbons (Fsp3) is 0.846. The Hall–Kier alpha value is -1.30. The first kappa shape index (κ1) is 14.1. The minimum atomic E-state index is -0.839. The minimum Gasteiger partial charge on any atom is -0.481 e. The van der Waals surface area contributed by atoms with Gasteiger partial charge in [-0.2, -0.15) is 0 Å². The van der Waals surface area contributed by atoms with Crippen molar-refractivity contribution in [2.24, 2.45) is 11.8 Å². The molecule has 3 fully saturated rings. The normalized spacial score (nSPS) is 32.9. The molecule has 2 aliphatic heterocycles. The average molecular weight is 271 g/mol. The molecule has 2 heterocycles. The molecular weight excluding hydrogens is 250 g/mol. The van der Waals surface area contributed by atoms with E-state index in [1.807, 2.05) is 0 Å². The number of carboxylic acids is 1. The smallest absolute Gasteiger partial charge is 0.410 e. The van der Waals surface area contributed by atoms with E-state index in [0.717, 1.165) is 6.42 Å². The number of hydrogen-bond acceptors (Lipinski definition) is 4. The number of ether oxygens (including phenoxy) is 2. The summed E-state index contributed by atoms with van der Waals surface area (Å²) in [5.41, 5.74) is -0.583. The minimum absolute atomic E-state index is 0.0185. The Morgan fingerprint density at radius 1 is 1.37 bits per heavy atom. The quantitative estimate of drug-likeness (QED) is 0.838. The van der Waals surface area contributed by atoms with Crippen LogP contribution in [0.5, 0.6) is 0 Å². The summed E-state index contributed by atoms with van der Waals surface area (Å²) >= 11 is 0. The van der Waals surface area contributed by atoms with E-state index in [0.29, 0.717) is 6.61 Å². The summed E-state index contributed by atoms with van der Waals surface area (Å²) in [6.07, 6.45) is 0.287. The van der Waals surface area contributed by atoms with Crippen molar-refractivity contribution in [1.82, 2.24) is 4.90 Å². The van der Waals surface area contributed by atoms with Crippen molar-refractivity contribution in [1.29, 1.82) is 0 Å². The van der Waals surface area contributed by atoms with Crippen LogP contribution in [0.1, 0.15) is 27.2 Å². The number of carbonyl (C=O) groups excluding carboxylic acids is 1. The lowest BCUT2D eigenvalue weighted by atomic mass is 9.72. The van der Waals surface area contributed by atoms with Crippen molar-refractivity contribution in [2.75, 3.05) is 13.7 Å². The first-order valence-corrected chi connectivity index (χ1v) is 6.49. The number of carboxylic acid groups (broad SMARTS) is 1. The molecule has 4 unspecified atom stereocenters. The van der Waals surface area contributed by atoms with Gasteiger partial charge in [-0.25, -0.2) is 4.79 Å². The molecule has 1 aliphatic carbocycles. The van der Waals surface area contributed by atoms with Crippen molar-refractivity contribution in [3.05, 3.63) is 0 Å². The molecule has 1 amide bonds. The Labute approximate surface area is 112 Å². The lowest BCUT2D eigenvalue weighted by molar-refractivity contribution is -0.147. The van der Waals surface area contributed by atoms with Crippen LogP contribution in [-0.2, 0) is 14.3 Å². The molecule has 3 aliphatic rings. The molecule has 2 saturated heterocycles. The molecule has 1 saturated carbocycles. The molecule has 4 atom stereocenters. The van der Waals surface area contributed by atoms with E-state index in [4.69, 9.17) is 9.47 Å². The van der Waals surface area contributed by atoms with Gasteiger partial charge in [0.05, 0.1) is 18.6 Å². The van der Waals surface area contributed by atoms with Gasteiger partial charge in [0, 0.05) is 13.2 Å². The predicted molar refractivity (Wildman–Crippen MR) is 66.8 cm³/mol. The van der Waals surface area contributed by atoms with E-state index < -0.39 is 23.6 Å². The summed E-state index contributed by atoms with van der Waals surface area (Å²) in [6, 6.07) is -0.441. The second-order valence-corrected chi connectivity index (χ2v) is 6.24. The number of amides is 1. The van der Waals surface area contributed by atoms with Crippen LogP contribution >= 0.6 is 0 Å². The molecule has 2 bridgehead atoms. The van der Waals surface area contributed by atoms with Crippen LogP contribution in [-0.4, -0.2) is 53.5 Å². The van der Waals surface area contributed by atoms with Crippen molar-refractivity contribution in [3.8, 4) is 0 Å². The number of hydrogen-bond donors (Lipinski definition) is 1. The Kier molecular flexibility index (Phi) is 3.47. The number of methoxy groups -OCH3 is 1. The molecular formula is C13H21NO5. The third kappa shape index (κ3) is 2.41. The molecule has 3 rings (SSSR count). The van der Waals surface area contributed by atoms with Crippen LogP contribution in [0.4, 0.5) is 4.79 Å². The number of rotatable bonds is 3. The van der Waals surface area contributed by atoms with Gasteiger partial charge in [-0.1, -0.05) is 0 Å². The lowest BCUT2D eigenvalue weighted by Crippen LogP contribution is -2.46. The highest BCUT2D eigenvalue weighted by molar-refractivity contribution is 5.78. The summed E-state index contributed by atoms with van der Waals surface area (Å²) in [6.45, 7) is 5.74. The Morgan fingerprint density at radius 3 is 2.47 bits per heavy atom. The molecule has 0 aromatic heterocycles. The highest BCUT2D eigenvalue weighted by atomic mass is 16.6. The topological polar surface area (TPSA) is 76.1 Å². The van der Waals surface area contributed by atoms with Gasteiger partial charge in [0.15, 0.2) is 0 Å². The maximum Gasteiger partial charge on any atom is 0.410 e. The number of aliphatic carboxylic acids is 1. The van der Waals surface area contributed by atoms with Crippen LogP contribution in [0.3, 0.4) is 0 Å². The van der Waals surface area contributed by atoms with Crippen molar-refractivity contribution in [3.63, 3.8) is 0 Å². The fourth-order valence-electron chi connectivity index (χ4n) is 3.10. The lowest BCUT2D eigenvalue weighted by Gasteiger charge is -2.33. The van der Waals surface area contributed by atoms with Crippen LogP contribution in [0.25, 0.3) is 0 Å². The van der Waals surface area contributed by atoms with Crippen molar-refractivity contribution in [2.45, 2.75) is 44.9 Å². The Bertz CT molecular complexity index is 389. The molecule has 0 radical (unpaired) electrons. The van der Waals surface area contributed by atoms with E-state index in [-0.39, 0.29) is 18.0 Å². The van der Waals surface area contributed by atoms with Crippen LogP contribution in [0.15, 0.2) is 0 Å². The molecule has 0 spiro atoms. The van der Waals surface area contributed by atoms with Gasteiger partial charge in [0.25, 0.3) is 0 Å². The zero-order chi connectivity index (χ0) is 14.4. The zero-order valence-electron chi connectivity index (χ0n) is 11.8. The zero-order valence-corrected chi connectivity index (χ0v) is 11.8. The van der Waals surface area contributed by atoms with Gasteiger partial charge in [0.2, 0.25) is 0 Å². The van der Waals surface area contributed by atoms with Gasteiger partial charge in [-0.3, -0.25) is 9.69 Å². The Morgan fingerprint density at radius 2 is 2.00 bits per heavy atom. The first-order chi connectivity index (χ1) is 8.76. The SMILES string of the molecule is COCC1C2CC(C2C(=O)O)N1C(=O)OC(C)(C)C. The number of carbonyl (C=O) groups is 2. The summed E-state index contributed by atoms with van der Waals surface area (Å²) in [7, 11) is 1.55. The third-order valence-corrected chi connectivity index (χ3v) is 3.83. The van der Waals surface area contributed by atoms with Crippen LogP contribution in [0, 0.1) is 11.8 Å². The van der Waals surface area contributed by atoms with E-state index in [2.05, 4.69) is 0 Å². The van der Waals surface area contributed by atoms with Gasteiger partial charge in [0.1, 0.15) is 5.60 Å². The molecule has 19 heavy (non-hydrogen) atoms. The van der Waals surface area contributed by atoms with Gasteiger partial charge in [-0.05, 0) is 33.1 Å². The average Bonchev–Trinajstić information content (AvgIpc) is 2.66. The highest BCUT2D eigenvalue weighted by Gasteiger charge is 2.63. The van der Waals surface area contributed by atoms with Crippen LogP contribution < -0.4 is 0 Å². The van der Waals surface area contributed by atoms with E-state index in [9.17, 15) is 14.7 Å². The molecule has 6 heteroatoms. The third-order valence-electron chi connectivity index (χ3n) is 3.83. The molecule has 6 nitrogen and oxygen atoms in total. The fourth-order valence-corrected chi connectivity index (χ4v) is 3.10. The second kappa shape index (κ2) is 4.67. The standard InChI is InChI=1S/C13H21NO5/c1-13(2,3)19-12(17)14-8-5-7(9(14)6-18-4)10(8)11(15)16/h7-10H,5-6H2,1-4H3,(H,15,16). The summed E-state index contributed by atoms with van der Waals surface area (Å²) in [5, 5.41) is 9.21. The Balaban J connectivity index is 2.14. The molecule has 108 valence electrons. The maximum absolute atomic E-state index is 12.2. The predicted octanol–water partition coefficient (Wildman–Crippen LogP) is 1.34. The summed E-state index contributed by atoms with van der Waals surface area (Å²) in [4.78, 5) is 25.0. The van der Waals surface area contributed by atoms with E-state index in [1.54, 1.807) is 32.8 Å². The van der Waals surface area contributed by atoms with Gasteiger partial charge < -0.3 is 14.6 Å². The van der Waals surface area contributed by atoms with Crippen LogP contribution in [0.2, 0.25) is 0 Å². The van der Waals surface area contributed by atoms with Crippen molar-refractivity contribution < 1.29 is 24.2 Å². The first-order valence-electron chi connectivity index (χ1n) is 6.49. The van der Waals surface area contributed by atoms with Crippen molar-refractivity contribution >= 4 is 12.1 Å². The highest BCUT2D eigenvalue weighted by Crippen LogP contribution is 2.51. The second-order valence-electron chi connectivity index (χ2n) is 6.24. The molecule has 0 aromatic carbocycles. The van der Waals surface area contributed by atoms with E-state index >= 15 is 0 Å². The van der Waals surface area contributed by atoms with Gasteiger partial charge >= 0.3 is 12.1 Å². The number of fused-ring (bicyclic) bond motifs is 1. The summed E-state index contributed by atoms with van der Waals surface area (Å²) in [5.74, 6) is -1.34. The van der Waals surface area contributed by atoms with Gasteiger partial charge in [-0.15, -0.1) is 0 Å². The molecule has 0 aromatic rings. The monoisotopic (exact) mass is 271 g/mol. The summed E-state index contributed by atoms with van der Waals surface area (Å²) < 4.78 is 10.5. The largest absolute Gasteiger partial charge is 0.481 e. The molecule has 1 N–H and O–H groups in total. The maximum atomic E-state index is 12.2.